The van der Waals surface area contributed by atoms with Crippen LogP contribution < -0.4 is 0 Å². The summed E-state index contributed by atoms with van der Waals surface area (Å²) in [7, 11) is 0. The fourth-order valence-electron chi connectivity index (χ4n) is 0.759. The van der Waals surface area contributed by atoms with Crippen molar-refractivity contribution in [2.75, 3.05) is 6.61 Å². The summed E-state index contributed by atoms with van der Waals surface area (Å²) >= 11 is 0. The fraction of sp³-hybridized carbons (Fsp3) is 0.444. The van der Waals surface area contributed by atoms with Crippen LogP contribution >= 0.6 is 0 Å². The van der Waals surface area contributed by atoms with Crippen molar-refractivity contribution >= 4 is 5.97 Å². The van der Waals surface area contributed by atoms with Crippen molar-refractivity contribution in [3.63, 3.8) is 0 Å². The predicted molar refractivity (Wildman–Crippen MR) is 45.8 cm³/mol. The van der Waals surface area contributed by atoms with Crippen molar-refractivity contribution in [3.05, 3.63) is 24.3 Å². The molecular formula is C9H12O4. The zero-order chi connectivity index (χ0) is 9.68. The van der Waals surface area contributed by atoms with E-state index in [0.29, 0.717) is 0 Å². The van der Waals surface area contributed by atoms with Gasteiger partial charge in [0.05, 0.1) is 6.61 Å². The average Bonchev–Trinajstić information content (AvgIpc) is 2.84. The van der Waals surface area contributed by atoms with E-state index in [1.807, 2.05) is 6.92 Å². The second kappa shape index (κ2) is 4.79. The molecule has 13 heavy (non-hydrogen) atoms. The zero-order valence-electron chi connectivity index (χ0n) is 7.34. The van der Waals surface area contributed by atoms with Gasteiger partial charge in [0.25, 0.3) is 0 Å². The lowest BCUT2D eigenvalue weighted by atomic mass is 10.4. The maximum absolute atomic E-state index is 10.9. The lowest BCUT2D eigenvalue weighted by molar-refractivity contribution is -0.142. The summed E-state index contributed by atoms with van der Waals surface area (Å²) in [5, 5.41) is 8.56. The Hall–Kier alpha value is -1.13. The van der Waals surface area contributed by atoms with E-state index in [0.717, 1.165) is 0 Å². The third-order valence-corrected chi connectivity index (χ3v) is 1.48. The van der Waals surface area contributed by atoms with Crippen molar-refractivity contribution < 1.29 is 19.4 Å². The third-order valence-electron chi connectivity index (χ3n) is 1.48. The zero-order valence-corrected chi connectivity index (χ0v) is 7.34. The summed E-state index contributed by atoms with van der Waals surface area (Å²) in [6.45, 7) is 1.73. The van der Waals surface area contributed by atoms with Gasteiger partial charge in [-0.1, -0.05) is 18.2 Å². The molecule has 2 atom stereocenters. The molecule has 72 valence electrons. The Bertz CT molecular complexity index is 232. The lowest BCUT2D eigenvalue weighted by Crippen LogP contribution is -2.08. The van der Waals surface area contributed by atoms with Crippen LogP contribution in [0, 0.1) is 0 Å². The highest BCUT2D eigenvalue weighted by Gasteiger charge is 2.41. The van der Waals surface area contributed by atoms with E-state index in [2.05, 4.69) is 0 Å². The van der Waals surface area contributed by atoms with E-state index in [4.69, 9.17) is 14.6 Å². The number of aliphatic hydroxyl groups is 1. The minimum absolute atomic E-state index is 0.115. The van der Waals surface area contributed by atoms with Crippen molar-refractivity contribution in [1.82, 2.24) is 0 Å². The van der Waals surface area contributed by atoms with Gasteiger partial charge in [-0.25, -0.2) is 4.79 Å². The number of hydrogen-bond donors (Lipinski definition) is 1. The highest BCUT2D eigenvalue weighted by Crippen LogP contribution is 2.22. The first kappa shape index (κ1) is 9.95. The molecule has 0 saturated carbocycles. The van der Waals surface area contributed by atoms with Crippen molar-refractivity contribution in [2.24, 2.45) is 0 Å². The van der Waals surface area contributed by atoms with Gasteiger partial charge in [-0.2, -0.15) is 0 Å². The topological polar surface area (TPSA) is 59.1 Å². The van der Waals surface area contributed by atoms with Crippen LogP contribution in [0.1, 0.15) is 6.92 Å². The second-order valence-electron chi connectivity index (χ2n) is 2.55. The van der Waals surface area contributed by atoms with Crippen LogP contribution in [0.2, 0.25) is 0 Å². The van der Waals surface area contributed by atoms with E-state index < -0.39 is 12.3 Å². The molecule has 1 rings (SSSR count). The Morgan fingerprint density at radius 1 is 1.62 bits per heavy atom. The van der Waals surface area contributed by atoms with Gasteiger partial charge in [0.15, 0.2) is 0 Å². The molecule has 0 aliphatic carbocycles. The molecule has 4 heteroatoms. The maximum Gasteiger partial charge on any atom is 0.333 e. The Labute approximate surface area is 76.5 Å². The summed E-state index contributed by atoms with van der Waals surface area (Å²) in [5.41, 5.74) is 0. The maximum atomic E-state index is 10.9. The highest BCUT2D eigenvalue weighted by molar-refractivity contribution is 5.82. The van der Waals surface area contributed by atoms with Gasteiger partial charge in [-0.15, -0.1) is 0 Å². The van der Waals surface area contributed by atoms with Gasteiger partial charge in [-0.05, 0) is 6.92 Å². The minimum Gasteiger partial charge on any atom is -0.430 e. The molecule has 1 aliphatic rings. The Morgan fingerprint density at radius 3 is 2.92 bits per heavy atom. The van der Waals surface area contributed by atoms with E-state index in [1.165, 1.54) is 6.08 Å². The van der Waals surface area contributed by atoms with Crippen LogP contribution in [0.25, 0.3) is 0 Å². The number of carbonyl (C=O) groups is 1. The SMILES string of the molecule is C/C=C/C=C/C(=O)OC1OC1CO. The molecule has 1 heterocycles. The van der Waals surface area contributed by atoms with Crippen molar-refractivity contribution in [3.8, 4) is 0 Å². The minimum atomic E-state index is -0.562. The van der Waals surface area contributed by atoms with Crippen LogP contribution in [0.15, 0.2) is 24.3 Å². The molecule has 4 nitrogen and oxygen atoms in total. The second-order valence-corrected chi connectivity index (χ2v) is 2.55. The lowest BCUT2D eigenvalue weighted by Gasteiger charge is -1.93. The van der Waals surface area contributed by atoms with Gasteiger partial charge in [0.1, 0.15) is 6.10 Å². The van der Waals surface area contributed by atoms with E-state index in [1.54, 1.807) is 18.2 Å². The van der Waals surface area contributed by atoms with Crippen molar-refractivity contribution in [1.29, 1.82) is 0 Å². The van der Waals surface area contributed by atoms with Crippen LogP contribution in [-0.4, -0.2) is 30.1 Å². The van der Waals surface area contributed by atoms with Gasteiger partial charge in [0.2, 0.25) is 6.29 Å². The summed E-state index contributed by atoms with van der Waals surface area (Å²) in [6, 6.07) is 0. The molecule has 0 aromatic carbocycles. The van der Waals surface area contributed by atoms with E-state index in [-0.39, 0.29) is 12.7 Å². The van der Waals surface area contributed by atoms with Crippen LogP contribution in [-0.2, 0) is 14.3 Å². The first-order chi connectivity index (χ1) is 6.27. The Balaban J connectivity index is 2.19. The Morgan fingerprint density at radius 2 is 2.38 bits per heavy atom. The highest BCUT2D eigenvalue weighted by atomic mass is 16.8. The normalized spacial score (nSPS) is 26.9. The number of rotatable bonds is 4. The number of aliphatic hydroxyl groups excluding tert-OH is 1. The number of carbonyl (C=O) groups excluding carboxylic acids is 1. The molecule has 1 aliphatic heterocycles. The van der Waals surface area contributed by atoms with Gasteiger partial charge >= 0.3 is 5.97 Å². The molecule has 1 saturated heterocycles. The van der Waals surface area contributed by atoms with Gasteiger partial charge in [0, 0.05) is 6.08 Å². The largest absolute Gasteiger partial charge is 0.430 e. The van der Waals surface area contributed by atoms with Crippen LogP contribution in [0.5, 0.6) is 0 Å². The molecule has 0 amide bonds. The molecule has 2 unspecified atom stereocenters. The Kier molecular flexibility index (Phi) is 3.67. The van der Waals surface area contributed by atoms with E-state index >= 15 is 0 Å². The van der Waals surface area contributed by atoms with E-state index in [9.17, 15) is 4.79 Å². The summed E-state index contributed by atoms with van der Waals surface area (Å²) in [4.78, 5) is 10.9. The standard InChI is InChI=1S/C9H12O4/c1-2-3-4-5-8(11)13-9-7(6-10)12-9/h2-5,7,9-10H,6H2,1H3/b3-2+,5-4+. The average molecular weight is 184 g/mol. The number of allylic oxidation sites excluding steroid dienone is 3. The summed E-state index contributed by atoms with van der Waals surface area (Å²) in [6.07, 6.45) is 5.51. The third kappa shape index (κ3) is 3.40. The molecule has 0 bridgehead atoms. The predicted octanol–water partition coefficient (Wildman–Crippen LogP) is 0.379. The molecule has 0 aromatic heterocycles. The summed E-state index contributed by atoms with van der Waals surface area (Å²) in [5.74, 6) is -0.459. The number of epoxide rings is 1. The van der Waals surface area contributed by atoms with Gasteiger partial charge in [-0.3, -0.25) is 0 Å². The van der Waals surface area contributed by atoms with Crippen LogP contribution in [0.4, 0.5) is 0 Å². The molecule has 1 N–H and O–H groups in total. The molecule has 0 radical (unpaired) electrons. The first-order valence-corrected chi connectivity index (χ1v) is 4.04. The number of ether oxygens (including phenoxy) is 2. The number of esters is 1. The van der Waals surface area contributed by atoms with Gasteiger partial charge < -0.3 is 14.6 Å². The molecule has 0 aromatic rings. The monoisotopic (exact) mass is 184 g/mol. The van der Waals surface area contributed by atoms with Crippen molar-refractivity contribution in [2.45, 2.75) is 19.3 Å². The van der Waals surface area contributed by atoms with Crippen LogP contribution in [0.3, 0.4) is 0 Å². The quantitative estimate of drug-likeness (QED) is 0.297. The first-order valence-electron chi connectivity index (χ1n) is 4.04. The smallest absolute Gasteiger partial charge is 0.333 e. The molecule has 0 spiro atoms. The molecular weight excluding hydrogens is 172 g/mol. The number of hydrogen-bond acceptors (Lipinski definition) is 4. The summed E-state index contributed by atoms with van der Waals surface area (Å²) < 4.78 is 9.57. The molecule has 1 fully saturated rings. The fourth-order valence-corrected chi connectivity index (χ4v) is 0.759.